The molecule has 0 fully saturated rings. The van der Waals surface area contributed by atoms with Crippen molar-refractivity contribution in [2.24, 2.45) is 0 Å². The number of hydrogen-bond acceptors (Lipinski definition) is 3. The molecule has 0 unspecified atom stereocenters. The van der Waals surface area contributed by atoms with Crippen molar-refractivity contribution in [3.05, 3.63) is 57.9 Å². The van der Waals surface area contributed by atoms with E-state index in [2.05, 4.69) is 32.8 Å². The highest BCUT2D eigenvalue weighted by atomic mass is 79.9. The molecule has 2 aromatic rings. The molecular formula is C15H11BrFNOS. The monoisotopic (exact) mass is 351 g/mol. The lowest BCUT2D eigenvalue weighted by Crippen LogP contribution is -1.91. The third kappa shape index (κ3) is 4.07. The Labute approximate surface area is 129 Å². The van der Waals surface area contributed by atoms with Crippen molar-refractivity contribution >= 4 is 27.7 Å². The van der Waals surface area contributed by atoms with Crippen LogP contribution in [0.2, 0.25) is 0 Å². The van der Waals surface area contributed by atoms with Crippen LogP contribution in [-0.2, 0) is 5.75 Å². The second-order valence-corrected chi connectivity index (χ2v) is 5.66. The van der Waals surface area contributed by atoms with Gasteiger partial charge in [0.05, 0.1) is 0 Å². The molecule has 2 rings (SSSR count). The summed E-state index contributed by atoms with van der Waals surface area (Å²) in [5.74, 6) is 5.61. The van der Waals surface area contributed by atoms with Crippen molar-refractivity contribution in [2.75, 3.05) is 6.61 Å². The smallest absolute Gasteiger partial charge is 0.124 e. The Morgan fingerprint density at radius 1 is 1.35 bits per heavy atom. The average molecular weight is 352 g/mol. The molecule has 1 aromatic carbocycles. The van der Waals surface area contributed by atoms with Crippen LogP contribution in [0.15, 0.2) is 46.0 Å². The van der Waals surface area contributed by atoms with Gasteiger partial charge in [-0.15, -0.1) is 11.8 Å². The Bertz CT molecular complexity index is 666. The van der Waals surface area contributed by atoms with E-state index in [1.165, 1.54) is 12.1 Å². The fraction of sp³-hybridized carbons (Fsp3) is 0.133. The van der Waals surface area contributed by atoms with Crippen LogP contribution in [0.1, 0.15) is 11.1 Å². The van der Waals surface area contributed by atoms with Crippen LogP contribution in [0.25, 0.3) is 0 Å². The highest BCUT2D eigenvalue weighted by Gasteiger charge is 2.06. The van der Waals surface area contributed by atoms with Crippen molar-refractivity contribution in [2.45, 2.75) is 10.8 Å². The molecule has 1 N–H and O–H groups in total. The molecule has 0 radical (unpaired) electrons. The molecule has 2 nitrogen and oxygen atoms in total. The quantitative estimate of drug-likeness (QED) is 0.677. The molecule has 0 atom stereocenters. The van der Waals surface area contributed by atoms with E-state index in [4.69, 9.17) is 5.11 Å². The summed E-state index contributed by atoms with van der Waals surface area (Å²) >= 11 is 4.98. The van der Waals surface area contributed by atoms with Crippen LogP contribution in [0.5, 0.6) is 0 Å². The zero-order chi connectivity index (χ0) is 14.4. The standard InChI is InChI=1S/C15H11BrFNOS/c16-14-4-1-7-18-15(14)20-10-12-5-6-13(17)9-11(12)3-2-8-19/h1,4-7,9,19H,8,10H2. The third-order valence-electron chi connectivity index (χ3n) is 2.46. The summed E-state index contributed by atoms with van der Waals surface area (Å²) in [7, 11) is 0. The van der Waals surface area contributed by atoms with Crippen LogP contribution >= 0.6 is 27.7 Å². The number of aromatic nitrogens is 1. The van der Waals surface area contributed by atoms with E-state index in [0.29, 0.717) is 11.3 Å². The summed E-state index contributed by atoms with van der Waals surface area (Å²) in [4.78, 5) is 4.27. The van der Waals surface area contributed by atoms with E-state index in [9.17, 15) is 4.39 Å². The van der Waals surface area contributed by atoms with Crippen LogP contribution in [0.3, 0.4) is 0 Å². The van der Waals surface area contributed by atoms with E-state index in [-0.39, 0.29) is 12.4 Å². The van der Waals surface area contributed by atoms with Crippen molar-refractivity contribution in [1.82, 2.24) is 4.98 Å². The fourth-order valence-electron chi connectivity index (χ4n) is 1.55. The Balaban J connectivity index is 2.19. The van der Waals surface area contributed by atoms with Crippen molar-refractivity contribution in [3.63, 3.8) is 0 Å². The molecule has 0 saturated heterocycles. The summed E-state index contributed by atoms with van der Waals surface area (Å²) in [5, 5.41) is 9.62. The van der Waals surface area contributed by atoms with E-state index in [1.807, 2.05) is 12.1 Å². The Morgan fingerprint density at radius 3 is 2.95 bits per heavy atom. The highest BCUT2D eigenvalue weighted by molar-refractivity contribution is 9.10. The lowest BCUT2D eigenvalue weighted by atomic mass is 10.1. The van der Waals surface area contributed by atoms with Gasteiger partial charge in [0.2, 0.25) is 0 Å². The van der Waals surface area contributed by atoms with E-state index in [1.54, 1.807) is 24.0 Å². The number of nitrogens with zero attached hydrogens (tertiary/aromatic N) is 1. The molecule has 0 aliphatic heterocycles. The third-order valence-corrected chi connectivity index (χ3v) is 4.42. The number of pyridine rings is 1. The number of benzene rings is 1. The number of thioether (sulfide) groups is 1. The zero-order valence-corrected chi connectivity index (χ0v) is 12.8. The van der Waals surface area contributed by atoms with Crippen molar-refractivity contribution in [3.8, 4) is 11.8 Å². The van der Waals surface area contributed by atoms with Gasteiger partial charge < -0.3 is 5.11 Å². The van der Waals surface area contributed by atoms with E-state index >= 15 is 0 Å². The maximum Gasteiger partial charge on any atom is 0.124 e. The molecule has 20 heavy (non-hydrogen) atoms. The first-order valence-corrected chi connectivity index (χ1v) is 7.60. The molecule has 102 valence electrons. The molecular weight excluding hydrogens is 341 g/mol. The number of halogens is 2. The summed E-state index contributed by atoms with van der Waals surface area (Å²) in [6.07, 6.45) is 1.73. The maximum atomic E-state index is 13.2. The van der Waals surface area contributed by atoms with Gasteiger partial charge in [0.25, 0.3) is 0 Å². The van der Waals surface area contributed by atoms with Crippen LogP contribution in [0, 0.1) is 17.7 Å². The first-order chi connectivity index (χ1) is 9.70. The first-order valence-electron chi connectivity index (χ1n) is 5.82. The molecule has 0 bridgehead atoms. The molecule has 0 aliphatic carbocycles. The predicted molar refractivity (Wildman–Crippen MR) is 81.9 cm³/mol. The van der Waals surface area contributed by atoms with Gasteiger partial charge in [0.1, 0.15) is 17.5 Å². The normalized spacial score (nSPS) is 9.95. The lowest BCUT2D eigenvalue weighted by molar-refractivity contribution is 0.350. The Kier molecular flexibility index (Phi) is 5.60. The zero-order valence-electron chi connectivity index (χ0n) is 10.4. The molecule has 0 amide bonds. The first kappa shape index (κ1) is 15.0. The topological polar surface area (TPSA) is 33.1 Å². The minimum absolute atomic E-state index is 0.241. The fourth-order valence-corrected chi connectivity index (χ4v) is 3.03. The van der Waals surface area contributed by atoms with Gasteiger partial charge >= 0.3 is 0 Å². The van der Waals surface area contributed by atoms with Crippen LogP contribution < -0.4 is 0 Å². The van der Waals surface area contributed by atoms with Gasteiger partial charge in [-0.2, -0.15) is 0 Å². The summed E-state index contributed by atoms with van der Waals surface area (Å²) in [5.41, 5.74) is 1.51. The van der Waals surface area contributed by atoms with Gasteiger partial charge in [0.15, 0.2) is 0 Å². The van der Waals surface area contributed by atoms with Gasteiger partial charge in [-0.25, -0.2) is 9.37 Å². The van der Waals surface area contributed by atoms with Crippen molar-refractivity contribution < 1.29 is 9.50 Å². The molecule has 0 spiro atoms. The Hall–Kier alpha value is -1.35. The molecule has 1 heterocycles. The van der Waals surface area contributed by atoms with Crippen LogP contribution in [-0.4, -0.2) is 16.7 Å². The molecule has 1 aromatic heterocycles. The second kappa shape index (κ2) is 7.44. The minimum Gasteiger partial charge on any atom is -0.384 e. The Morgan fingerprint density at radius 2 is 2.20 bits per heavy atom. The number of rotatable bonds is 3. The van der Waals surface area contributed by atoms with Gasteiger partial charge in [0, 0.05) is 22.0 Å². The van der Waals surface area contributed by atoms with E-state index < -0.39 is 0 Å². The summed E-state index contributed by atoms with van der Waals surface area (Å²) < 4.78 is 14.2. The second-order valence-electron chi connectivity index (χ2n) is 3.84. The van der Waals surface area contributed by atoms with Gasteiger partial charge in [-0.3, -0.25) is 0 Å². The van der Waals surface area contributed by atoms with Gasteiger partial charge in [-0.1, -0.05) is 17.9 Å². The van der Waals surface area contributed by atoms with Crippen LogP contribution in [0.4, 0.5) is 4.39 Å². The lowest BCUT2D eigenvalue weighted by Gasteiger charge is -2.06. The number of aliphatic hydroxyl groups is 1. The van der Waals surface area contributed by atoms with E-state index in [0.717, 1.165) is 15.1 Å². The summed E-state index contributed by atoms with van der Waals surface area (Å²) in [6.45, 7) is -0.241. The highest BCUT2D eigenvalue weighted by Crippen LogP contribution is 2.28. The average Bonchev–Trinajstić information content (AvgIpc) is 2.45. The number of hydrogen-bond donors (Lipinski definition) is 1. The van der Waals surface area contributed by atoms with Gasteiger partial charge in [-0.05, 0) is 45.8 Å². The molecule has 0 aliphatic rings. The predicted octanol–water partition coefficient (Wildman–Crippen LogP) is 3.62. The minimum atomic E-state index is -0.333. The molecule has 0 saturated carbocycles. The molecule has 5 heteroatoms. The van der Waals surface area contributed by atoms with Crippen molar-refractivity contribution in [1.29, 1.82) is 0 Å². The maximum absolute atomic E-state index is 13.2. The summed E-state index contributed by atoms with van der Waals surface area (Å²) in [6, 6.07) is 8.27. The number of aliphatic hydroxyl groups excluding tert-OH is 1. The SMILES string of the molecule is OCC#Cc1cc(F)ccc1CSc1ncccc1Br. The largest absolute Gasteiger partial charge is 0.384 e.